The summed E-state index contributed by atoms with van der Waals surface area (Å²) in [5, 5.41) is 6.51. The molecule has 0 amide bonds. The Morgan fingerprint density at radius 2 is 1.67 bits per heavy atom. The van der Waals surface area contributed by atoms with E-state index < -0.39 is 9.84 Å². The molecule has 0 aromatic heterocycles. The van der Waals surface area contributed by atoms with Crippen LogP contribution < -0.4 is 10.6 Å². The Morgan fingerprint density at radius 1 is 1.14 bits per heavy atom. The molecule has 1 aromatic rings. The van der Waals surface area contributed by atoms with E-state index in [9.17, 15) is 8.42 Å². The Hall–Kier alpha value is -1.56. The Balaban J connectivity index is 2.60. The first-order valence-corrected chi connectivity index (χ1v) is 8.89. The SMILES string of the molecule is CN=C(NCc1ccc(CS(C)(=O)=O)cc1)NC(C)(C)C. The molecule has 21 heavy (non-hydrogen) atoms. The van der Waals surface area contributed by atoms with Crippen LogP contribution in [0.15, 0.2) is 29.3 Å². The number of aliphatic imine (C=N–C) groups is 1. The minimum absolute atomic E-state index is 0.0544. The smallest absolute Gasteiger partial charge is 0.191 e. The highest BCUT2D eigenvalue weighted by atomic mass is 32.2. The van der Waals surface area contributed by atoms with Crippen LogP contribution in [-0.4, -0.2) is 33.2 Å². The van der Waals surface area contributed by atoms with Crippen molar-refractivity contribution in [3.8, 4) is 0 Å². The zero-order valence-electron chi connectivity index (χ0n) is 13.4. The van der Waals surface area contributed by atoms with Crippen LogP contribution in [0.4, 0.5) is 0 Å². The minimum Gasteiger partial charge on any atom is -0.352 e. The van der Waals surface area contributed by atoms with Crippen molar-refractivity contribution in [1.29, 1.82) is 0 Å². The molecule has 0 aliphatic heterocycles. The van der Waals surface area contributed by atoms with Crippen molar-refractivity contribution in [2.24, 2.45) is 4.99 Å². The number of nitrogens with one attached hydrogen (secondary N) is 2. The molecule has 0 spiro atoms. The standard InChI is InChI=1S/C15H25N3O2S/c1-15(2,3)18-14(16-4)17-10-12-6-8-13(9-7-12)11-21(5,19)20/h6-9H,10-11H2,1-5H3,(H2,16,17,18). The van der Waals surface area contributed by atoms with Crippen molar-refractivity contribution in [1.82, 2.24) is 10.6 Å². The van der Waals surface area contributed by atoms with Crippen molar-refractivity contribution < 1.29 is 8.42 Å². The number of rotatable bonds is 4. The van der Waals surface area contributed by atoms with Crippen molar-refractivity contribution >= 4 is 15.8 Å². The third-order valence-electron chi connectivity index (χ3n) is 2.63. The molecule has 0 atom stereocenters. The normalized spacial score (nSPS) is 13.1. The molecule has 0 unspecified atom stereocenters. The summed E-state index contributed by atoms with van der Waals surface area (Å²) < 4.78 is 22.5. The average Bonchev–Trinajstić information content (AvgIpc) is 2.33. The van der Waals surface area contributed by atoms with Crippen molar-refractivity contribution in [2.45, 2.75) is 38.6 Å². The number of guanidine groups is 1. The highest BCUT2D eigenvalue weighted by Crippen LogP contribution is 2.08. The fourth-order valence-electron chi connectivity index (χ4n) is 1.78. The molecule has 0 aliphatic carbocycles. The number of hydrogen-bond donors (Lipinski definition) is 2. The average molecular weight is 311 g/mol. The maximum absolute atomic E-state index is 11.2. The lowest BCUT2D eigenvalue weighted by Crippen LogP contribution is -2.47. The van der Waals surface area contributed by atoms with Gasteiger partial charge in [0, 0.05) is 25.4 Å². The lowest BCUT2D eigenvalue weighted by molar-refractivity contribution is 0.501. The van der Waals surface area contributed by atoms with Gasteiger partial charge < -0.3 is 10.6 Å². The fourth-order valence-corrected chi connectivity index (χ4v) is 2.57. The third kappa shape index (κ3) is 7.70. The van der Waals surface area contributed by atoms with Crippen LogP contribution in [0.2, 0.25) is 0 Å². The van der Waals surface area contributed by atoms with Gasteiger partial charge in [-0.05, 0) is 31.9 Å². The van der Waals surface area contributed by atoms with Gasteiger partial charge in [0.1, 0.15) is 0 Å². The maximum atomic E-state index is 11.2. The van der Waals surface area contributed by atoms with Gasteiger partial charge in [-0.1, -0.05) is 24.3 Å². The van der Waals surface area contributed by atoms with E-state index in [1.165, 1.54) is 6.26 Å². The van der Waals surface area contributed by atoms with E-state index in [4.69, 9.17) is 0 Å². The van der Waals surface area contributed by atoms with E-state index in [-0.39, 0.29) is 11.3 Å². The molecule has 2 N–H and O–H groups in total. The van der Waals surface area contributed by atoms with E-state index in [1.54, 1.807) is 7.05 Å². The van der Waals surface area contributed by atoms with E-state index in [1.807, 2.05) is 24.3 Å². The molecule has 0 heterocycles. The van der Waals surface area contributed by atoms with Crippen LogP contribution in [0.1, 0.15) is 31.9 Å². The zero-order chi connectivity index (χ0) is 16.1. The van der Waals surface area contributed by atoms with Gasteiger partial charge in [-0.25, -0.2) is 8.42 Å². The molecule has 5 nitrogen and oxygen atoms in total. The first-order valence-electron chi connectivity index (χ1n) is 6.83. The summed E-state index contributed by atoms with van der Waals surface area (Å²) in [6.07, 6.45) is 1.24. The van der Waals surface area contributed by atoms with Crippen LogP contribution in [0.25, 0.3) is 0 Å². The number of nitrogens with zero attached hydrogens (tertiary/aromatic N) is 1. The molecule has 118 valence electrons. The summed E-state index contributed by atoms with van der Waals surface area (Å²) in [7, 11) is -1.25. The number of sulfone groups is 1. The van der Waals surface area contributed by atoms with Crippen molar-refractivity contribution in [3.63, 3.8) is 0 Å². The second kappa shape index (κ2) is 6.93. The highest BCUT2D eigenvalue weighted by molar-refractivity contribution is 7.89. The lowest BCUT2D eigenvalue weighted by Gasteiger charge is -2.23. The van der Waals surface area contributed by atoms with Crippen molar-refractivity contribution in [2.75, 3.05) is 13.3 Å². The van der Waals surface area contributed by atoms with Gasteiger partial charge in [-0.15, -0.1) is 0 Å². The predicted octanol–water partition coefficient (Wildman–Crippen LogP) is 1.69. The van der Waals surface area contributed by atoms with Gasteiger partial charge in [0.25, 0.3) is 0 Å². The summed E-state index contributed by atoms with van der Waals surface area (Å²) in [5.41, 5.74) is 1.82. The predicted molar refractivity (Wildman–Crippen MR) is 88.1 cm³/mol. The van der Waals surface area contributed by atoms with Gasteiger partial charge in [-0.3, -0.25) is 4.99 Å². The summed E-state index contributed by atoms with van der Waals surface area (Å²) in [6.45, 7) is 6.84. The topological polar surface area (TPSA) is 70.6 Å². The Bertz CT molecular complexity index is 584. The molecule has 6 heteroatoms. The van der Waals surface area contributed by atoms with Gasteiger partial charge in [0.2, 0.25) is 0 Å². The molecule has 0 saturated heterocycles. The van der Waals surface area contributed by atoms with E-state index in [0.29, 0.717) is 6.54 Å². The van der Waals surface area contributed by atoms with E-state index in [0.717, 1.165) is 17.1 Å². The molecule has 0 radical (unpaired) electrons. The summed E-state index contributed by atoms with van der Waals surface area (Å²) in [5.74, 6) is 0.816. The molecule has 1 rings (SSSR count). The largest absolute Gasteiger partial charge is 0.352 e. The van der Waals surface area contributed by atoms with Crippen LogP contribution in [0.3, 0.4) is 0 Å². The Labute approximate surface area is 127 Å². The third-order valence-corrected chi connectivity index (χ3v) is 3.49. The molecule has 0 saturated carbocycles. The Kier molecular flexibility index (Phi) is 5.78. The number of benzene rings is 1. The first kappa shape index (κ1) is 17.5. The van der Waals surface area contributed by atoms with E-state index in [2.05, 4.69) is 36.4 Å². The van der Waals surface area contributed by atoms with E-state index >= 15 is 0 Å². The highest BCUT2D eigenvalue weighted by Gasteiger charge is 2.11. The molecule has 0 aliphatic rings. The molecular weight excluding hydrogens is 286 g/mol. The monoisotopic (exact) mass is 311 g/mol. The van der Waals surface area contributed by atoms with Gasteiger partial charge >= 0.3 is 0 Å². The van der Waals surface area contributed by atoms with Crippen LogP contribution in [-0.2, 0) is 22.1 Å². The number of hydrogen-bond acceptors (Lipinski definition) is 3. The van der Waals surface area contributed by atoms with Crippen LogP contribution >= 0.6 is 0 Å². The molecule has 0 fully saturated rings. The van der Waals surface area contributed by atoms with Crippen molar-refractivity contribution in [3.05, 3.63) is 35.4 Å². The van der Waals surface area contributed by atoms with Gasteiger partial charge in [-0.2, -0.15) is 0 Å². The fraction of sp³-hybridized carbons (Fsp3) is 0.533. The molecule has 1 aromatic carbocycles. The maximum Gasteiger partial charge on any atom is 0.191 e. The second-order valence-electron chi connectivity index (χ2n) is 6.19. The van der Waals surface area contributed by atoms with Crippen LogP contribution in [0, 0.1) is 0 Å². The zero-order valence-corrected chi connectivity index (χ0v) is 14.2. The van der Waals surface area contributed by atoms with Gasteiger partial charge in [0.15, 0.2) is 15.8 Å². The molecule has 0 bridgehead atoms. The summed E-state index contributed by atoms with van der Waals surface area (Å²) in [6, 6.07) is 7.55. The lowest BCUT2D eigenvalue weighted by atomic mass is 10.1. The minimum atomic E-state index is -2.98. The quantitative estimate of drug-likeness (QED) is 0.656. The van der Waals surface area contributed by atoms with Gasteiger partial charge in [0.05, 0.1) is 5.75 Å². The Morgan fingerprint density at radius 3 is 2.10 bits per heavy atom. The summed E-state index contributed by atoms with van der Waals surface area (Å²) in [4.78, 5) is 4.17. The summed E-state index contributed by atoms with van der Waals surface area (Å²) >= 11 is 0. The molecular formula is C15H25N3O2S. The first-order chi connectivity index (χ1) is 9.59. The van der Waals surface area contributed by atoms with Crippen LogP contribution in [0.5, 0.6) is 0 Å². The second-order valence-corrected chi connectivity index (χ2v) is 8.33.